The summed E-state index contributed by atoms with van der Waals surface area (Å²) in [6.45, 7) is 5.12. The van der Waals surface area contributed by atoms with E-state index in [1.54, 1.807) is 13.3 Å². The predicted octanol–water partition coefficient (Wildman–Crippen LogP) is 2.45. The third kappa shape index (κ3) is 3.38. The number of para-hydroxylation sites is 1. The number of hydrogen-bond acceptors (Lipinski definition) is 4. The maximum atomic E-state index is 11.6. The van der Waals surface area contributed by atoms with Crippen LogP contribution in [0.1, 0.15) is 23.1 Å². The molecule has 1 aromatic carbocycles. The first-order valence-electron chi connectivity index (χ1n) is 6.59. The van der Waals surface area contributed by atoms with Gasteiger partial charge in [0.15, 0.2) is 5.69 Å². The molecule has 0 unspecified atom stereocenters. The average molecular weight is 274 g/mol. The molecule has 2 aromatic rings. The van der Waals surface area contributed by atoms with E-state index in [9.17, 15) is 4.79 Å². The number of carbonyl (C=O) groups is 1. The van der Waals surface area contributed by atoms with E-state index in [2.05, 4.69) is 4.98 Å². The van der Waals surface area contributed by atoms with Gasteiger partial charge in [0, 0.05) is 5.69 Å². The van der Waals surface area contributed by atoms with Crippen molar-refractivity contribution in [1.82, 2.24) is 9.55 Å². The molecule has 20 heavy (non-hydrogen) atoms. The number of rotatable bonds is 6. The number of hydrogen-bond donors (Lipinski definition) is 0. The average Bonchev–Trinajstić information content (AvgIpc) is 2.82. The van der Waals surface area contributed by atoms with Gasteiger partial charge in [0.2, 0.25) is 0 Å². The molecule has 0 atom stereocenters. The van der Waals surface area contributed by atoms with Crippen molar-refractivity contribution in [3.63, 3.8) is 0 Å². The summed E-state index contributed by atoms with van der Waals surface area (Å²) in [5.74, 6) is 0.448. The molecule has 0 radical (unpaired) electrons. The number of carbonyl (C=O) groups excluding carboxylic acids is 1. The number of ether oxygens (including phenoxy) is 2. The minimum atomic E-state index is -0.382. The Hall–Kier alpha value is -2.30. The Kier molecular flexibility index (Phi) is 4.76. The standard InChI is InChI=1S/C15H18N2O3/c1-3-19-15(18)14-12(2)17(11-16-14)9-10-20-13-7-5-4-6-8-13/h4-8,11H,3,9-10H2,1-2H3. The summed E-state index contributed by atoms with van der Waals surface area (Å²) in [7, 11) is 0. The fourth-order valence-electron chi connectivity index (χ4n) is 1.85. The van der Waals surface area contributed by atoms with E-state index in [1.165, 1.54) is 0 Å². The summed E-state index contributed by atoms with van der Waals surface area (Å²) in [5, 5.41) is 0. The van der Waals surface area contributed by atoms with Crippen LogP contribution in [0.5, 0.6) is 5.75 Å². The largest absolute Gasteiger partial charge is 0.492 e. The van der Waals surface area contributed by atoms with Crippen LogP contribution in [0.3, 0.4) is 0 Å². The molecule has 0 bridgehead atoms. The predicted molar refractivity (Wildman–Crippen MR) is 74.9 cm³/mol. The summed E-state index contributed by atoms with van der Waals surface area (Å²) < 4.78 is 12.5. The highest BCUT2D eigenvalue weighted by Crippen LogP contribution is 2.10. The summed E-state index contributed by atoms with van der Waals surface area (Å²) in [6.07, 6.45) is 1.63. The zero-order chi connectivity index (χ0) is 14.4. The Bertz CT molecular complexity index is 564. The first-order chi connectivity index (χ1) is 9.72. The smallest absolute Gasteiger partial charge is 0.358 e. The second-order valence-electron chi connectivity index (χ2n) is 4.25. The Morgan fingerprint density at radius 1 is 1.30 bits per heavy atom. The molecule has 1 heterocycles. The molecule has 0 fully saturated rings. The molecule has 0 aliphatic rings. The van der Waals surface area contributed by atoms with Crippen LogP contribution in [0.25, 0.3) is 0 Å². The van der Waals surface area contributed by atoms with Crippen molar-refractivity contribution < 1.29 is 14.3 Å². The first kappa shape index (κ1) is 14.1. The maximum absolute atomic E-state index is 11.6. The molecular formula is C15H18N2O3. The van der Waals surface area contributed by atoms with E-state index >= 15 is 0 Å². The van der Waals surface area contributed by atoms with Crippen LogP contribution in [-0.4, -0.2) is 28.7 Å². The summed E-state index contributed by atoms with van der Waals surface area (Å²) in [6, 6.07) is 9.61. The Labute approximate surface area is 118 Å². The minimum Gasteiger partial charge on any atom is -0.492 e. The Morgan fingerprint density at radius 3 is 2.75 bits per heavy atom. The van der Waals surface area contributed by atoms with Gasteiger partial charge in [-0.1, -0.05) is 18.2 Å². The highest BCUT2D eigenvalue weighted by atomic mass is 16.5. The van der Waals surface area contributed by atoms with Gasteiger partial charge < -0.3 is 14.0 Å². The lowest BCUT2D eigenvalue weighted by Gasteiger charge is -2.08. The first-order valence-corrected chi connectivity index (χ1v) is 6.59. The summed E-state index contributed by atoms with van der Waals surface area (Å²) in [4.78, 5) is 15.7. The maximum Gasteiger partial charge on any atom is 0.358 e. The third-order valence-corrected chi connectivity index (χ3v) is 2.91. The quantitative estimate of drug-likeness (QED) is 0.759. The molecule has 0 saturated heterocycles. The highest BCUT2D eigenvalue weighted by molar-refractivity contribution is 5.88. The zero-order valence-corrected chi connectivity index (χ0v) is 11.7. The van der Waals surface area contributed by atoms with Gasteiger partial charge in [-0.05, 0) is 26.0 Å². The lowest BCUT2D eigenvalue weighted by Crippen LogP contribution is -2.11. The summed E-state index contributed by atoms with van der Waals surface area (Å²) in [5.41, 5.74) is 1.16. The van der Waals surface area contributed by atoms with Gasteiger partial charge in [0.1, 0.15) is 12.4 Å². The van der Waals surface area contributed by atoms with E-state index in [-0.39, 0.29) is 5.97 Å². The summed E-state index contributed by atoms with van der Waals surface area (Å²) >= 11 is 0. The van der Waals surface area contributed by atoms with Crippen LogP contribution in [0.2, 0.25) is 0 Å². The molecule has 0 aliphatic heterocycles. The van der Waals surface area contributed by atoms with Gasteiger partial charge in [-0.2, -0.15) is 0 Å². The molecule has 2 rings (SSSR count). The van der Waals surface area contributed by atoms with Crippen molar-refractivity contribution >= 4 is 5.97 Å². The van der Waals surface area contributed by atoms with Gasteiger partial charge in [-0.3, -0.25) is 0 Å². The van der Waals surface area contributed by atoms with E-state index in [1.807, 2.05) is 41.8 Å². The minimum absolute atomic E-state index is 0.349. The van der Waals surface area contributed by atoms with Crippen molar-refractivity contribution in [2.24, 2.45) is 0 Å². The molecule has 0 N–H and O–H groups in total. The van der Waals surface area contributed by atoms with Gasteiger partial charge in [-0.25, -0.2) is 9.78 Å². The fraction of sp³-hybridized carbons (Fsp3) is 0.333. The number of aromatic nitrogens is 2. The van der Waals surface area contributed by atoms with Crippen LogP contribution < -0.4 is 4.74 Å². The number of imidazole rings is 1. The van der Waals surface area contributed by atoms with Gasteiger partial charge in [0.05, 0.1) is 19.5 Å². The normalized spacial score (nSPS) is 10.3. The van der Waals surface area contributed by atoms with E-state index in [0.29, 0.717) is 25.5 Å². The van der Waals surface area contributed by atoms with Gasteiger partial charge in [-0.15, -0.1) is 0 Å². The van der Waals surface area contributed by atoms with E-state index in [0.717, 1.165) is 11.4 Å². The molecule has 5 nitrogen and oxygen atoms in total. The lowest BCUT2D eigenvalue weighted by molar-refractivity contribution is 0.0519. The van der Waals surface area contributed by atoms with Gasteiger partial charge in [0.25, 0.3) is 0 Å². The molecule has 5 heteroatoms. The van der Waals surface area contributed by atoms with E-state index in [4.69, 9.17) is 9.47 Å². The van der Waals surface area contributed by atoms with Crippen LogP contribution >= 0.6 is 0 Å². The van der Waals surface area contributed by atoms with Crippen LogP contribution in [0.4, 0.5) is 0 Å². The second-order valence-corrected chi connectivity index (χ2v) is 4.25. The van der Waals surface area contributed by atoms with Crippen molar-refractivity contribution in [2.45, 2.75) is 20.4 Å². The van der Waals surface area contributed by atoms with Crippen molar-refractivity contribution in [3.8, 4) is 5.75 Å². The van der Waals surface area contributed by atoms with Crippen LogP contribution in [-0.2, 0) is 11.3 Å². The molecule has 0 aliphatic carbocycles. The Balaban J connectivity index is 1.92. The van der Waals surface area contributed by atoms with Crippen molar-refractivity contribution in [3.05, 3.63) is 48.0 Å². The molecular weight excluding hydrogens is 256 g/mol. The zero-order valence-electron chi connectivity index (χ0n) is 11.7. The molecule has 106 valence electrons. The van der Waals surface area contributed by atoms with Crippen LogP contribution in [0.15, 0.2) is 36.7 Å². The van der Waals surface area contributed by atoms with E-state index < -0.39 is 0 Å². The number of esters is 1. The highest BCUT2D eigenvalue weighted by Gasteiger charge is 2.15. The number of benzene rings is 1. The molecule has 0 saturated carbocycles. The molecule has 0 spiro atoms. The number of nitrogens with zero attached hydrogens (tertiary/aromatic N) is 2. The van der Waals surface area contributed by atoms with Crippen LogP contribution in [0, 0.1) is 6.92 Å². The monoisotopic (exact) mass is 274 g/mol. The second kappa shape index (κ2) is 6.75. The molecule has 0 amide bonds. The van der Waals surface area contributed by atoms with Crippen molar-refractivity contribution in [1.29, 1.82) is 0 Å². The third-order valence-electron chi connectivity index (χ3n) is 2.91. The lowest BCUT2D eigenvalue weighted by atomic mass is 10.3. The fourth-order valence-corrected chi connectivity index (χ4v) is 1.85. The SMILES string of the molecule is CCOC(=O)c1ncn(CCOc2ccccc2)c1C. The Morgan fingerprint density at radius 2 is 2.05 bits per heavy atom. The van der Waals surface area contributed by atoms with Crippen molar-refractivity contribution in [2.75, 3.05) is 13.2 Å². The van der Waals surface area contributed by atoms with Gasteiger partial charge >= 0.3 is 5.97 Å². The topological polar surface area (TPSA) is 53.3 Å². The molecule has 1 aromatic heterocycles.